The first-order chi connectivity index (χ1) is 8.67. The van der Waals surface area contributed by atoms with E-state index in [0.29, 0.717) is 24.5 Å². The minimum absolute atomic E-state index is 0.116. The van der Waals surface area contributed by atoms with Crippen LogP contribution in [0.5, 0.6) is 0 Å². The molecule has 0 aliphatic heterocycles. The number of nitrogens with one attached hydrogen (secondary N) is 1. The number of likely N-dealkylation sites (N-methyl/N-ethyl adjacent to an activating group) is 1. The van der Waals surface area contributed by atoms with Gasteiger partial charge in [-0.3, -0.25) is 9.89 Å². The Morgan fingerprint density at radius 1 is 1.61 bits per heavy atom. The van der Waals surface area contributed by atoms with Crippen LogP contribution in [0.3, 0.4) is 0 Å². The van der Waals surface area contributed by atoms with Crippen molar-refractivity contribution >= 4 is 22.5 Å². The van der Waals surface area contributed by atoms with E-state index in [9.17, 15) is 4.79 Å². The quantitative estimate of drug-likeness (QED) is 0.636. The van der Waals surface area contributed by atoms with Crippen LogP contribution in [0.1, 0.15) is 17.4 Å². The Hall–Kier alpha value is -2.30. The first-order valence-electron chi connectivity index (χ1n) is 5.81. The average molecular weight is 244 g/mol. The molecule has 0 spiro atoms. The Kier molecular flexibility index (Phi) is 3.32. The van der Waals surface area contributed by atoms with E-state index in [-0.39, 0.29) is 5.91 Å². The van der Waals surface area contributed by atoms with Gasteiger partial charge in [0.2, 0.25) is 0 Å². The van der Waals surface area contributed by atoms with Gasteiger partial charge in [-0.2, -0.15) is 5.10 Å². The number of anilines is 1. The molecule has 0 unspecified atom stereocenters. The number of benzene rings is 1. The molecule has 2 aromatic rings. The average Bonchev–Trinajstić information content (AvgIpc) is 2.78. The molecule has 0 aliphatic carbocycles. The van der Waals surface area contributed by atoms with Gasteiger partial charge in [-0.1, -0.05) is 6.08 Å². The Morgan fingerprint density at radius 3 is 3.06 bits per heavy atom. The molecule has 0 radical (unpaired) electrons. The summed E-state index contributed by atoms with van der Waals surface area (Å²) >= 11 is 0. The highest BCUT2D eigenvalue weighted by Crippen LogP contribution is 2.20. The van der Waals surface area contributed by atoms with Crippen LogP contribution in [-0.2, 0) is 0 Å². The molecule has 0 saturated heterocycles. The first kappa shape index (κ1) is 12.2. The molecule has 0 atom stereocenters. The number of nitrogens with zero attached hydrogens (tertiary/aromatic N) is 2. The zero-order chi connectivity index (χ0) is 13.1. The highest BCUT2D eigenvalue weighted by Gasteiger charge is 2.18. The second-order valence-corrected chi connectivity index (χ2v) is 4.01. The normalized spacial score (nSPS) is 10.5. The molecule has 0 fully saturated rings. The van der Waals surface area contributed by atoms with Gasteiger partial charge in [-0.05, 0) is 25.1 Å². The molecule has 5 heteroatoms. The van der Waals surface area contributed by atoms with Crippen molar-refractivity contribution in [3.05, 3.63) is 36.5 Å². The number of carbonyl (C=O) groups excluding carboxylic acids is 1. The zero-order valence-corrected chi connectivity index (χ0v) is 10.3. The van der Waals surface area contributed by atoms with E-state index >= 15 is 0 Å². The fraction of sp³-hybridized carbons (Fsp3) is 0.231. The van der Waals surface area contributed by atoms with Crippen molar-refractivity contribution in [2.45, 2.75) is 6.92 Å². The number of nitrogen functional groups attached to an aromatic ring is 1. The third-order valence-electron chi connectivity index (χ3n) is 2.81. The number of nitrogens with two attached hydrogens (primary N) is 1. The number of carbonyl (C=O) groups is 1. The lowest BCUT2D eigenvalue weighted by molar-refractivity contribution is 0.0778. The number of hydrogen-bond donors (Lipinski definition) is 2. The van der Waals surface area contributed by atoms with Crippen molar-refractivity contribution in [2.24, 2.45) is 0 Å². The standard InChI is InChI=1S/C13H16N4O/c1-3-7-17(4-2)13(18)12-10-8-9(14)5-6-11(10)15-16-12/h3,5-6,8H,1,4,7,14H2,2H3,(H,15,16). The van der Waals surface area contributed by atoms with Gasteiger partial charge in [0.05, 0.1) is 5.52 Å². The predicted molar refractivity (Wildman–Crippen MR) is 72.3 cm³/mol. The van der Waals surface area contributed by atoms with E-state index in [1.165, 1.54) is 0 Å². The van der Waals surface area contributed by atoms with Crippen molar-refractivity contribution in [1.29, 1.82) is 0 Å². The summed E-state index contributed by atoms with van der Waals surface area (Å²) in [5.74, 6) is -0.116. The highest BCUT2D eigenvalue weighted by molar-refractivity contribution is 6.05. The number of fused-ring (bicyclic) bond motifs is 1. The summed E-state index contributed by atoms with van der Waals surface area (Å²) in [5.41, 5.74) is 7.56. The minimum Gasteiger partial charge on any atom is -0.399 e. The van der Waals surface area contributed by atoms with Crippen LogP contribution < -0.4 is 5.73 Å². The molecule has 0 bridgehead atoms. The Labute approximate surface area is 105 Å². The fourth-order valence-electron chi connectivity index (χ4n) is 1.86. The van der Waals surface area contributed by atoms with E-state index in [4.69, 9.17) is 5.73 Å². The van der Waals surface area contributed by atoms with E-state index in [1.54, 1.807) is 23.1 Å². The van der Waals surface area contributed by atoms with Crippen molar-refractivity contribution in [3.8, 4) is 0 Å². The summed E-state index contributed by atoms with van der Waals surface area (Å²) in [6, 6.07) is 5.35. The van der Waals surface area contributed by atoms with Gasteiger partial charge in [-0.25, -0.2) is 0 Å². The first-order valence-corrected chi connectivity index (χ1v) is 5.81. The van der Waals surface area contributed by atoms with Crippen molar-refractivity contribution in [2.75, 3.05) is 18.8 Å². The third kappa shape index (κ3) is 2.07. The second-order valence-electron chi connectivity index (χ2n) is 4.01. The molecule has 18 heavy (non-hydrogen) atoms. The molecule has 1 amide bonds. The summed E-state index contributed by atoms with van der Waals surface area (Å²) < 4.78 is 0. The minimum atomic E-state index is -0.116. The van der Waals surface area contributed by atoms with Crippen LogP contribution in [0, 0.1) is 0 Å². The monoisotopic (exact) mass is 244 g/mol. The largest absolute Gasteiger partial charge is 0.399 e. The van der Waals surface area contributed by atoms with Crippen LogP contribution in [-0.4, -0.2) is 34.1 Å². The molecule has 1 aromatic carbocycles. The molecule has 2 rings (SSSR count). The number of hydrogen-bond acceptors (Lipinski definition) is 3. The van der Waals surface area contributed by atoms with Gasteiger partial charge < -0.3 is 10.6 Å². The van der Waals surface area contributed by atoms with Gasteiger partial charge in [-0.15, -0.1) is 6.58 Å². The molecule has 1 aromatic heterocycles. The molecule has 3 N–H and O–H groups in total. The predicted octanol–water partition coefficient (Wildman–Crippen LogP) is 1.79. The summed E-state index contributed by atoms with van der Waals surface area (Å²) in [4.78, 5) is 14.0. The topological polar surface area (TPSA) is 75.0 Å². The van der Waals surface area contributed by atoms with Crippen molar-refractivity contribution < 1.29 is 4.79 Å². The Balaban J connectivity index is 2.43. The van der Waals surface area contributed by atoms with Crippen LogP contribution in [0.2, 0.25) is 0 Å². The van der Waals surface area contributed by atoms with Crippen molar-refractivity contribution in [3.63, 3.8) is 0 Å². The zero-order valence-electron chi connectivity index (χ0n) is 10.3. The number of H-pyrrole nitrogens is 1. The molecular weight excluding hydrogens is 228 g/mol. The number of aromatic nitrogens is 2. The van der Waals surface area contributed by atoms with E-state index in [0.717, 1.165) is 10.9 Å². The van der Waals surface area contributed by atoms with E-state index in [2.05, 4.69) is 16.8 Å². The molecule has 1 heterocycles. The second kappa shape index (κ2) is 4.91. The number of amides is 1. The molecule has 5 nitrogen and oxygen atoms in total. The maximum atomic E-state index is 12.3. The van der Waals surface area contributed by atoms with Gasteiger partial charge in [0, 0.05) is 24.2 Å². The van der Waals surface area contributed by atoms with Crippen LogP contribution >= 0.6 is 0 Å². The van der Waals surface area contributed by atoms with Gasteiger partial charge in [0.1, 0.15) is 0 Å². The molecule has 0 aliphatic rings. The maximum absolute atomic E-state index is 12.3. The summed E-state index contributed by atoms with van der Waals surface area (Å²) in [6.07, 6.45) is 1.70. The van der Waals surface area contributed by atoms with Crippen LogP contribution in [0.15, 0.2) is 30.9 Å². The highest BCUT2D eigenvalue weighted by atomic mass is 16.2. The van der Waals surface area contributed by atoms with Gasteiger partial charge >= 0.3 is 0 Å². The molecule has 94 valence electrons. The number of rotatable bonds is 4. The third-order valence-corrected chi connectivity index (χ3v) is 2.81. The van der Waals surface area contributed by atoms with Crippen molar-refractivity contribution in [1.82, 2.24) is 15.1 Å². The summed E-state index contributed by atoms with van der Waals surface area (Å²) in [5, 5.41) is 7.67. The smallest absolute Gasteiger partial charge is 0.275 e. The molecule has 0 saturated carbocycles. The SMILES string of the molecule is C=CCN(CC)C(=O)c1n[nH]c2ccc(N)cc12. The Bertz CT molecular complexity index is 588. The van der Waals surface area contributed by atoms with E-state index in [1.807, 2.05) is 13.0 Å². The lowest BCUT2D eigenvalue weighted by Crippen LogP contribution is -2.31. The summed E-state index contributed by atoms with van der Waals surface area (Å²) in [6.45, 7) is 6.69. The number of aromatic amines is 1. The van der Waals surface area contributed by atoms with E-state index < -0.39 is 0 Å². The summed E-state index contributed by atoms with van der Waals surface area (Å²) in [7, 11) is 0. The lowest BCUT2D eigenvalue weighted by Gasteiger charge is -2.17. The Morgan fingerprint density at radius 2 is 2.39 bits per heavy atom. The van der Waals surface area contributed by atoms with Gasteiger partial charge in [0.25, 0.3) is 5.91 Å². The maximum Gasteiger partial charge on any atom is 0.275 e. The fourth-order valence-corrected chi connectivity index (χ4v) is 1.86. The lowest BCUT2D eigenvalue weighted by atomic mass is 10.1. The molecular formula is C13H16N4O. The van der Waals surface area contributed by atoms with Crippen LogP contribution in [0.4, 0.5) is 5.69 Å². The van der Waals surface area contributed by atoms with Crippen LogP contribution in [0.25, 0.3) is 10.9 Å². The van der Waals surface area contributed by atoms with Gasteiger partial charge in [0.15, 0.2) is 5.69 Å².